The lowest BCUT2D eigenvalue weighted by atomic mass is 10.1. The molecule has 0 aliphatic carbocycles. The lowest BCUT2D eigenvalue weighted by Gasteiger charge is -2.11. The molecule has 4 heteroatoms. The molecule has 3 aromatic rings. The molecular weight excluding hydrogens is 272 g/mol. The van der Waals surface area contributed by atoms with E-state index >= 15 is 0 Å². The van der Waals surface area contributed by atoms with E-state index in [1.807, 2.05) is 16.7 Å². The molecule has 0 amide bonds. The van der Waals surface area contributed by atoms with Crippen LogP contribution < -0.4 is 0 Å². The first kappa shape index (κ1) is 13.2. The second-order valence-corrected chi connectivity index (χ2v) is 5.34. The highest BCUT2D eigenvalue weighted by Gasteiger charge is 2.11. The second-order valence-electron chi connectivity index (χ2n) is 4.94. The van der Waals surface area contributed by atoms with Gasteiger partial charge in [0.25, 0.3) is 0 Å². The van der Waals surface area contributed by atoms with E-state index in [9.17, 15) is 5.11 Å². The highest BCUT2D eigenvalue weighted by atomic mass is 35.5. The third-order valence-corrected chi connectivity index (χ3v) is 4.03. The van der Waals surface area contributed by atoms with Crippen LogP contribution >= 0.6 is 11.6 Å². The van der Waals surface area contributed by atoms with Gasteiger partial charge in [0.2, 0.25) is 0 Å². The van der Waals surface area contributed by atoms with Gasteiger partial charge in [0, 0.05) is 10.6 Å². The van der Waals surface area contributed by atoms with Crippen molar-refractivity contribution in [2.24, 2.45) is 0 Å². The molecule has 1 aromatic heterocycles. The number of aliphatic hydroxyl groups excluding tert-OH is 1. The number of aliphatic hydroxyl groups is 1. The van der Waals surface area contributed by atoms with Gasteiger partial charge in [-0.3, -0.25) is 4.57 Å². The van der Waals surface area contributed by atoms with Crippen molar-refractivity contribution in [1.82, 2.24) is 9.55 Å². The number of benzene rings is 2. The SMILES string of the molecule is Cc1cc2ncn(-c3cccc(Cl)c3CO)c2cc1C. The molecule has 0 saturated heterocycles. The summed E-state index contributed by atoms with van der Waals surface area (Å²) in [6, 6.07) is 9.78. The highest BCUT2D eigenvalue weighted by molar-refractivity contribution is 6.31. The highest BCUT2D eigenvalue weighted by Crippen LogP contribution is 2.27. The van der Waals surface area contributed by atoms with E-state index in [-0.39, 0.29) is 6.61 Å². The zero-order chi connectivity index (χ0) is 14.3. The van der Waals surface area contributed by atoms with Crippen LogP contribution in [0.5, 0.6) is 0 Å². The lowest BCUT2D eigenvalue weighted by Crippen LogP contribution is -1.99. The lowest BCUT2D eigenvalue weighted by molar-refractivity contribution is 0.281. The molecule has 0 aliphatic rings. The number of aromatic nitrogens is 2. The Morgan fingerprint density at radius 3 is 2.70 bits per heavy atom. The van der Waals surface area contributed by atoms with E-state index < -0.39 is 0 Å². The molecular formula is C16H15ClN2O. The van der Waals surface area contributed by atoms with Crippen LogP contribution in [-0.2, 0) is 6.61 Å². The monoisotopic (exact) mass is 286 g/mol. The van der Waals surface area contributed by atoms with Crippen molar-refractivity contribution in [2.75, 3.05) is 0 Å². The van der Waals surface area contributed by atoms with Crippen molar-refractivity contribution in [3.63, 3.8) is 0 Å². The van der Waals surface area contributed by atoms with Crippen LogP contribution in [0.3, 0.4) is 0 Å². The number of hydrogen-bond acceptors (Lipinski definition) is 2. The fourth-order valence-electron chi connectivity index (χ4n) is 2.39. The van der Waals surface area contributed by atoms with Gasteiger partial charge in [-0.25, -0.2) is 4.98 Å². The van der Waals surface area contributed by atoms with Crippen molar-refractivity contribution in [1.29, 1.82) is 0 Å². The van der Waals surface area contributed by atoms with Crippen molar-refractivity contribution in [3.8, 4) is 5.69 Å². The predicted molar refractivity (Wildman–Crippen MR) is 81.5 cm³/mol. The molecule has 0 aliphatic heterocycles. The van der Waals surface area contributed by atoms with Crippen LogP contribution in [0.15, 0.2) is 36.7 Å². The fourth-order valence-corrected chi connectivity index (χ4v) is 2.61. The summed E-state index contributed by atoms with van der Waals surface area (Å²) in [6.45, 7) is 4.06. The summed E-state index contributed by atoms with van der Waals surface area (Å²) in [5.74, 6) is 0. The van der Waals surface area contributed by atoms with Gasteiger partial charge in [0.1, 0.15) is 6.33 Å². The molecule has 0 spiro atoms. The molecule has 2 aromatic carbocycles. The smallest absolute Gasteiger partial charge is 0.100 e. The molecule has 0 bridgehead atoms. The van der Waals surface area contributed by atoms with Gasteiger partial charge in [-0.05, 0) is 49.2 Å². The van der Waals surface area contributed by atoms with Crippen LogP contribution in [0.1, 0.15) is 16.7 Å². The maximum Gasteiger partial charge on any atom is 0.100 e. The summed E-state index contributed by atoms with van der Waals surface area (Å²) >= 11 is 6.16. The molecule has 20 heavy (non-hydrogen) atoms. The number of aryl methyl sites for hydroxylation is 2. The second kappa shape index (κ2) is 4.93. The topological polar surface area (TPSA) is 38.0 Å². The summed E-state index contributed by atoms with van der Waals surface area (Å²) in [5.41, 5.74) is 5.97. The molecule has 1 heterocycles. The van der Waals surface area contributed by atoms with Gasteiger partial charge in [0.15, 0.2) is 0 Å². The number of nitrogens with zero attached hydrogens (tertiary/aromatic N) is 2. The Bertz CT molecular complexity index is 793. The predicted octanol–water partition coefficient (Wildman–Crippen LogP) is 3.79. The van der Waals surface area contributed by atoms with Gasteiger partial charge < -0.3 is 5.11 Å². The van der Waals surface area contributed by atoms with E-state index in [2.05, 4.69) is 31.0 Å². The van der Waals surface area contributed by atoms with Crippen molar-refractivity contribution in [3.05, 3.63) is 58.4 Å². The first-order valence-corrected chi connectivity index (χ1v) is 6.82. The van der Waals surface area contributed by atoms with Crippen LogP contribution in [0.25, 0.3) is 16.7 Å². The zero-order valence-corrected chi connectivity index (χ0v) is 12.1. The summed E-state index contributed by atoms with van der Waals surface area (Å²) in [7, 11) is 0. The first-order valence-electron chi connectivity index (χ1n) is 6.44. The van der Waals surface area contributed by atoms with Gasteiger partial charge in [0.05, 0.1) is 23.3 Å². The summed E-state index contributed by atoms with van der Waals surface area (Å²) < 4.78 is 1.97. The van der Waals surface area contributed by atoms with Crippen LogP contribution in [0.4, 0.5) is 0 Å². The molecule has 3 nitrogen and oxygen atoms in total. The molecule has 0 saturated carbocycles. The van der Waals surface area contributed by atoms with Crippen LogP contribution in [0.2, 0.25) is 5.02 Å². The van der Waals surface area contributed by atoms with Crippen molar-refractivity contribution < 1.29 is 5.11 Å². The zero-order valence-electron chi connectivity index (χ0n) is 11.4. The molecule has 102 valence electrons. The molecule has 0 atom stereocenters. The maximum absolute atomic E-state index is 9.55. The molecule has 3 rings (SSSR count). The normalized spacial score (nSPS) is 11.2. The van der Waals surface area contributed by atoms with E-state index in [0.717, 1.165) is 16.7 Å². The first-order chi connectivity index (χ1) is 9.61. The third-order valence-electron chi connectivity index (χ3n) is 3.67. The van der Waals surface area contributed by atoms with Gasteiger partial charge in [-0.1, -0.05) is 17.7 Å². The maximum atomic E-state index is 9.55. The van der Waals surface area contributed by atoms with Crippen LogP contribution in [-0.4, -0.2) is 14.7 Å². The number of rotatable bonds is 2. The Morgan fingerprint density at radius 2 is 1.95 bits per heavy atom. The average molecular weight is 287 g/mol. The molecule has 0 fully saturated rings. The minimum absolute atomic E-state index is 0.0977. The minimum atomic E-state index is -0.0977. The molecule has 1 N–H and O–H groups in total. The van der Waals surface area contributed by atoms with E-state index in [1.165, 1.54) is 11.1 Å². The van der Waals surface area contributed by atoms with Crippen molar-refractivity contribution >= 4 is 22.6 Å². The van der Waals surface area contributed by atoms with E-state index in [1.54, 1.807) is 12.4 Å². The van der Waals surface area contributed by atoms with Gasteiger partial charge >= 0.3 is 0 Å². The Labute approximate surface area is 122 Å². The average Bonchev–Trinajstić information content (AvgIpc) is 2.81. The number of fused-ring (bicyclic) bond motifs is 1. The van der Waals surface area contributed by atoms with Crippen LogP contribution in [0, 0.1) is 13.8 Å². The summed E-state index contributed by atoms with van der Waals surface area (Å²) in [6.07, 6.45) is 1.77. The standard InChI is InChI=1S/C16H15ClN2O/c1-10-6-14-16(7-11(10)2)19(9-18-14)15-5-3-4-13(17)12(15)8-20/h3-7,9,20H,8H2,1-2H3. The number of halogens is 1. The Balaban J connectivity index is 2.30. The Hall–Kier alpha value is -1.84. The Morgan fingerprint density at radius 1 is 1.20 bits per heavy atom. The molecule has 0 unspecified atom stereocenters. The number of imidazole rings is 1. The fraction of sp³-hybridized carbons (Fsp3) is 0.188. The van der Waals surface area contributed by atoms with Gasteiger partial charge in [-0.15, -0.1) is 0 Å². The third kappa shape index (κ3) is 1.99. The summed E-state index contributed by atoms with van der Waals surface area (Å²) in [4.78, 5) is 4.44. The van der Waals surface area contributed by atoms with Gasteiger partial charge in [-0.2, -0.15) is 0 Å². The largest absolute Gasteiger partial charge is 0.392 e. The summed E-state index contributed by atoms with van der Waals surface area (Å²) in [5, 5.41) is 10.1. The van der Waals surface area contributed by atoms with E-state index in [0.29, 0.717) is 10.6 Å². The quantitative estimate of drug-likeness (QED) is 0.778. The van der Waals surface area contributed by atoms with Crippen molar-refractivity contribution in [2.45, 2.75) is 20.5 Å². The molecule has 0 radical (unpaired) electrons. The number of hydrogen-bond donors (Lipinski definition) is 1. The Kier molecular flexibility index (Phi) is 3.24. The minimum Gasteiger partial charge on any atom is -0.392 e. The van der Waals surface area contributed by atoms with E-state index in [4.69, 9.17) is 11.6 Å².